The number of carbonyl (C=O) groups is 2. The highest BCUT2D eigenvalue weighted by Gasteiger charge is 2.27. The number of benzene rings is 2. The number of rotatable bonds is 6. The van der Waals surface area contributed by atoms with Crippen LogP contribution >= 0.6 is 0 Å². The first-order valence-electron chi connectivity index (χ1n) is 9.66. The maximum absolute atomic E-state index is 13.1. The Morgan fingerprint density at radius 1 is 1.03 bits per heavy atom. The van der Waals surface area contributed by atoms with Gasteiger partial charge in [0.15, 0.2) is 0 Å². The minimum atomic E-state index is -1.47. The first-order valence-corrected chi connectivity index (χ1v) is 9.66. The van der Waals surface area contributed by atoms with Crippen LogP contribution < -0.4 is 21.7 Å². The van der Waals surface area contributed by atoms with Gasteiger partial charge in [-0.2, -0.15) is 0 Å². The van der Waals surface area contributed by atoms with E-state index >= 15 is 0 Å². The van der Waals surface area contributed by atoms with E-state index in [0.29, 0.717) is 11.1 Å². The molecular weight excluding hydrogens is 400 g/mol. The molecule has 0 fully saturated rings. The molecule has 9 nitrogen and oxygen atoms in total. The number of H-pyrrole nitrogens is 2. The van der Waals surface area contributed by atoms with Crippen LogP contribution in [0.5, 0.6) is 0 Å². The molecule has 2 atom stereocenters. The lowest BCUT2D eigenvalue weighted by atomic mass is 10.0. The van der Waals surface area contributed by atoms with Crippen LogP contribution in [0, 0.1) is 0 Å². The van der Waals surface area contributed by atoms with Gasteiger partial charge in [-0.15, -0.1) is 0 Å². The molecule has 1 amide bonds. The molecule has 0 saturated heterocycles. The zero-order valence-corrected chi connectivity index (χ0v) is 16.5. The molecule has 0 spiro atoms. The smallest absolute Gasteiger partial charge is 0.329 e. The molecule has 2 aromatic heterocycles. The van der Waals surface area contributed by atoms with E-state index in [0.717, 1.165) is 15.5 Å². The van der Waals surface area contributed by atoms with E-state index in [4.69, 9.17) is 0 Å². The number of carboxylic acids is 1. The Morgan fingerprint density at radius 2 is 1.68 bits per heavy atom. The van der Waals surface area contributed by atoms with Crippen molar-refractivity contribution in [2.45, 2.75) is 25.4 Å². The third-order valence-corrected chi connectivity index (χ3v) is 5.25. The molecule has 0 saturated carbocycles. The molecule has 2 heterocycles. The number of aromatic amines is 2. The third-order valence-electron chi connectivity index (χ3n) is 5.25. The number of nitrogens with one attached hydrogen (secondary N) is 3. The predicted octanol–water partition coefficient (Wildman–Crippen LogP) is 0.210. The molecule has 0 aliphatic carbocycles. The SMILES string of the molecule is C[C@@H](NC(=O)[C@H](Cc1c[nH]c2ccccc12)n1c(=O)[nH]c2ccccc2c1=O)C(=O)[O-]. The summed E-state index contributed by atoms with van der Waals surface area (Å²) < 4.78 is 0.835. The average molecular weight is 419 g/mol. The van der Waals surface area contributed by atoms with Crippen molar-refractivity contribution in [2.75, 3.05) is 0 Å². The second kappa shape index (κ2) is 7.94. The number of carboxylic acid groups (broad SMARTS) is 1. The van der Waals surface area contributed by atoms with Crippen molar-refractivity contribution in [3.63, 3.8) is 0 Å². The molecule has 0 unspecified atom stereocenters. The van der Waals surface area contributed by atoms with Gasteiger partial charge in [-0.25, -0.2) is 9.36 Å². The van der Waals surface area contributed by atoms with E-state index in [1.165, 1.54) is 6.92 Å². The molecule has 4 aromatic rings. The topological polar surface area (TPSA) is 140 Å². The number of nitrogens with zero attached hydrogens (tertiary/aromatic N) is 1. The minimum Gasteiger partial charge on any atom is -0.548 e. The fraction of sp³-hybridized carbons (Fsp3) is 0.182. The zero-order chi connectivity index (χ0) is 22.1. The lowest BCUT2D eigenvalue weighted by Gasteiger charge is -2.22. The Balaban J connectivity index is 1.86. The van der Waals surface area contributed by atoms with E-state index < -0.39 is 35.2 Å². The van der Waals surface area contributed by atoms with Crippen LogP contribution in [-0.4, -0.2) is 32.5 Å². The van der Waals surface area contributed by atoms with E-state index in [1.807, 2.05) is 24.3 Å². The molecule has 158 valence electrons. The molecule has 0 bridgehead atoms. The van der Waals surface area contributed by atoms with Gasteiger partial charge in [0.25, 0.3) is 5.56 Å². The predicted molar refractivity (Wildman–Crippen MR) is 112 cm³/mol. The van der Waals surface area contributed by atoms with Gasteiger partial charge in [-0.3, -0.25) is 9.59 Å². The Labute approximate surface area is 175 Å². The summed E-state index contributed by atoms with van der Waals surface area (Å²) >= 11 is 0. The Hall–Kier alpha value is -4.14. The number of para-hydroxylation sites is 2. The lowest BCUT2D eigenvalue weighted by Crippen LogP contribution is -2.51. The first kappa shape index (κ1) is 20.1. The molecule has 0 radical (unpaired) electrons. The Morgan fingerprint density at radius 3 is 2.39 bits per heavy atom. The van der Waals surface area contributed by atoms with E-state index in [9.17, 15) is 24.3 Å². The van der Waals surface area contributed by atoms with E-state index in [-0.39, 0.29) is 11.8 Å². The second-order valence-corrected chi connectivity index (χ2v) is 7.28. The maximum Gasteiger partial charge on any atom is 0.329 e. The van der Waals surface area contributed by atoms with Crippen molar-refractivity contribution in [1.82, 2.24) is 19.9 Å². The number of hydrogen-bond donors (Lipinski definition) is 3. The fourth-order valence-corrected chi connectivity index (χ4v) is 3.64. The van der Waals surface area contributed by atoms with Crippen LogP contribution in [-0.2, 0) is 16.0 Å². The monoisotopic (exact) mass is 419 g/mol. The van der Waals surface area contributed by atoms with Crippen LogP contribution in [0.15, 0.2) is 64.3 Å². The molecule has 9 heteroatoms. The summed E-state index contributed by atoms with van der Waals surface area (Å²) in [7, 11) is 0. The second-order valence-electron chi connectivity index (χ2n) is 7.28. The molecule has 31 heavy (non-hydrogen) atoms. The summed E-state index contributed by atoms with van der Waals surface area (Å²) in [6.45, 7) is 1.25. The van der Waals surface area contributed by atoms with Gasteiger partial charge in [-0.1, -0.05) is 30.3 Å². The van der Waals surface area contributed by atoms with Crippen LogP contribution in [0.4, 0.5) is 0 Å². The molecular formula is C22H19N4O5-. The van der Waals surface area contributed by atoms with E-state index in [1.54, 1.807) is 30.5 Å². The summed E-state index contributed by atoms with van der Waals surface area (Å²) in [6, 6.07) is 11.3. The van der Waals surface area contributed by atoms with Gasteiger partial charge >= 0.3 is 5.69 Å². The van der Waals surface area contributed by atoms with Crippen LogP contribution in [0.3, 0.4) is 0 Å². The highest BCUT2D eigenvalue weighted by Crippen LogP contribution is 2.22. The van der Waals surface area contributed by atoms with Crippen LogP contribution in [0.2, 0.25) is 0 Å². The normalized spacial score (nSPS) is 13.2. The Bertz CT molecular complexity index is 1410. The lowest BCUT2D eigenvalue weighted by molar-refractivity contribution is -0.307. The molecule has 0 aliphatic heterocycles. The average Bonchev–Trinajstić information content (AvgIpc) is 3.15. The quantitative estimate of drug-likeness (QED) is 0.410. The number of aromatic nitrogens is 3. The number of aliphatic carboxylic acids is 1. The van der Waals surface area contributed by atoms with Gasteiger partial charge in [-0.05, 0) is 30.7 Å². The van der Waals surface area contributed by atoms with Crippen molar-refractivity contribution >= 4 is 33.7 Å². The number of carbonyl (C=O) groups excluding carboxylic acids is 2. The zero-order valence-electron chi connectivity index (χ0n) is 16.5. The van der Waals surface area contributed by atoms with Gasteiger partial charge in [0, 0.05) is 23.5 Å². The summed E-state index contributed by atoms with van der Waals surface area (Å²) in [5.41, 5.74) is 0.490. The van der Waals surface area contributed by atoms with Gasteiger partial charge in [0.05, 0.1) is 22.9 Å². The van der Waals surface area contributed by atoms with Crippen molar-refractivity contribution in [2.24, 2.45) is 0 Å². The number of fused-ring (bicyclic) bond motifs is 2. The van der Waals surface area contributed by atoms with Crippen LogP contribution in [0.1, 0.15) is 18.5 Å². The van der Waals surface area contributed by atoms with E-state index in [2.05, 4.69) is 15.3 Å². The van der Waals surface area contributed by atoms with Crippen LogP contribution in [0.25, 0.3) is 21.8 Å². The summed E-state index contributed by atoms with van der Waals surface area (Å²) in [4.78, 5) is 55.8. The standard InChI is InChI=1S/C22H20N4O5/c1-12(21(29)30)24-19(27)18(10-13-11-23-16-8-4-2-6-14(13)16)26-20(28)15-7-3-5-9-17(15)25-22(26)31/h2-9,11-12,18,23H,10H2,1H3,(H,24,27)(H,25,31)(H,29,30)/p-1/t12-,18+/m1/s1. The summed E-state index contributed by atoms with van der Waals surface area (Å²) in [5.74, 6) is -2.25. The van der Waals surface area contributed by atoms with Crippen molar-refractivity contribution in [3.8, 4) is 0 Å². The largest absolute Gasteiger partial charge is 0.548 e. The minimum absolute atomic E-state index is 0.00303. The number of amides is 1. The molecule has 3 N–H and O–H groups in total. The molecule has 2 aromatic carbocycles. The van der Waals surface area contributed by atoms with Gasteiger partial charge in [0.1, 0.15) is 6.04 Å². The van der Waals surface area contributed by atoms with Crippen molar-refractivity contribution in [1.29, 1.82) is 0 Å². The highest BCUT2D eigenvalue weighted by atomic mass is 16.4. The fourth-order valence-electron chi connectivity index (χ4n) is 3.64. The van der Waals surface area contributed by atoms with Gasteiger partial charge < -0.3 is 25.2 Å². The van der Waals surface area contributed by atoms with Gasteiger partial charge in [0.2, 0.25) is 5.91 Å². The van der Waals surface area contributed by atoms with Crippen molar-refractivity contribution < 1.29 is 14.7 Å². The summed E-state index contributed by atoms with van der Waals surface area (Å²) in [6.07, 6.45) is 1.70. The van der Waals surface area contributed by atoms with Crippen molar-refractivity contribution in [3.05, 3.63) is 81.1 Å². The maximum atomic E-state index is 13.1. The molecule has 4 rings (SSSR count). The summed E-state index contributed by atoms with van der Waals surface area (Å²) in [5, 5.41) is 14.5. The number of hydrogen-bond acceptors (Lipinski definition) is 5. The Kier molecular flexibility index (Phi) is 5.16. The molecule has 0 aliphatic rings. The third kappa shape index (κ3) is 3.73. The highest BCUT2D eigenvalue weighted by molar-refractivity contribution is 5.88. The first-order chi connectivity index (χ1) is 14.9.